The van der Waals surface area contributed by atoms with Crippen molar-refractivity contribution in [2.24, 2.45) is 0 Å². The molecule has 0 radical (unpaired) electrons. The molecule has 0 aliphatic rings. The Morgan fingerprint density at radius 2 is 1.94 bits per heavy atom. The standard InChI is InChI=1S/C20H16ClFN8O/c1-11(31)7-24-17-5-19(27-10-26-17)29-18-4-16-13(8-25-18)9-28-30(16)20-14(21)2-12(6-23)3-15(20)22/h2-5,8-11,31H,7H2,1H3,(H2,24,25,26,27,29)/t11-/m0/s1. The average molecular weight is 439 g/mol. The van der Waals surface area contributed by atoms with Crippen molar-refractivity contribution in [3.63, 3.8) is 0 Å². The van der Waals surface area contributed by atoms with Gasteiger partial charge >= 0.3 is 0 Å². The van der Waals surface area contributed by atoms with Crippen LogP contribution in [0.25, 0.3) is 16.6 Å². The van der Waals surface area contributed by atoms with E-state index in [0.717, 1.165) is 6.07 Å². The van der Waals surface area contributed by atoms with E-state index in [1.54, 1.807) is 31.5 Å². The quantitative estimate of drug-likeness (QED) is 0.418. The number of nitrogens with zero attached hydrogens (tertiary/aromatic N) is 6. The van der Waals surface area contributed by atoms with E-state index in [2.05, 4.69) is 30.7 Å². The number of aliphatic hydroxyl groups is 1. The predicted octanol–water partition coefficient (Wildman–Crippen LogP) is 3.41. The van der Waals surface area contributed by atoms with Crippen LogP contribution in [0, 0.1) is 17.1 Å². The van der Waals surface area contributed by atoms with Crippen LogP contribution >= 0.6 is 11.6 Å². The molecule has 0 unspecified atom stereocenters. The van der Waals surface area contributed by atoms with Crippen LogP contribution in [0.5, 0.6) is 0 Å². The third-order valence-corrected chi connectivity index (χ3v) is 4.60. The molecular formula is C20H16ClFN8O. The Bertz CT molecular complexity index is 1280. The highest BCUT2D eigenvalue weighted by molar-refractivity contribution is 6.32. The first-order chi connectivity index (χ1) is 14.9. The molecule has 1 aromatic carbocycles. The minimum Gasteiger partial charge on any atom is -0.392 e. The Balaban J connectivity index is 1.67. The molecule has 0 saturated carbocycles. The number of benzene rings is 1. The van der Waals surface area contributed by atoms with E-state index < -0.39 is 11.9 Å². The number of hydrogen-bond acceptors (Lipinski definition) is 8. The van der Waals surface area contributed by atoms with E-state index in [1.165, 1.54) is 17.1 Å². The van der Waals surface area contributed by atoms with Crippen LogP contribution in [-0.4, -0.2) is 42.5 Å². The summed E-state index contributed by atoms with van der Waals surface area (Å²) in [5, 5.41) is 29.4. The molecule has 0 aliphatic heterocycles. The Morgan fingerprint density at radius 3 is 2.68 bits per heavy atom. The van der Waals surface area contributed by atoms with Gasteiger partial charge in [-0.25, -0.2) is 24.0 Å². The van der Waals surface area contributed by atoms with Crippen molar-refractivity contribution >= 4 is 40.0 Å². The molecule has 0 aliphatic carbocycles. The number of fused-ring (bicyclic) bond motifs is 1. The Labute approximate surface area is 181 Å². The summed E-state index contributed by atoms with van der Waals surface area (Å²) < 4.78 is 16.0. The van der Waals surface area contributed by atoms with Crippen molar-refractivity contribution in [1.82, 2.24) is 24.7 Å². The molecule has 0 amide bonds. The molecule has 4 rings (SSSR count). The summed E-state index contributed by atoms with van der Waals surface area (Å²) in [6, 6.07) is 7.71. The second-order valence-electron chi connectivity index (χ2n) is 6.73. The number of aliphatic hydroxyl groups excluding tert-OH is 1. The molecule has 3 aromatic heterocycles. The fourth-order valence-electron chi connectivity index (χ4n) is 2.91. The van der Waals surface area contributed by atoms with Crippen molar-refractivity contribution in [2.75, 3.05) is 17.2 Å². The fraction of sp³-hybridized carbons (Fsp3) is 0.150. The van der Waals surface area contributed by atoms with Gasteiger partial charge in [0.15, 0.2) is 5.82 Å². The number of anilines is 3. The van der Waals surface area contributed by atoms with E-state index in [4.69, 9.17) is 16.9 Å². The summed E-state index contributed by atoms with van der Waals surface area (Å²) in [4.78, 5) is 12.6. The normalized spacial score (nSPS) is 11.8. The summed E-state index contributed by atoms with van der Waals surface area (Å²) in [5.41, 5.74) is 0.722. The highest BCUT2D eigenvalue weighted by atomic mass is 35.5. The molecule has 11 heteroatoms. The SMILES string of the molecule is C[C@H](O)CNc1cc(Nc2cc3c(cn2)cnn3-c2c(F)cc(C#N)cc2Cl)ncn1. The number of nitrogens with one attached hydrogen (secondary N) is 2. The minimum absolute atomic E-state index is 0.0412. The molecule has 3 heterocycles. The summed E-state index contributed by atoms with van der Waals surface area (Å²) in [5.74, 6) is 0.796. The maximum atomic E-state index is 14.6. The third kappa shape index (κ3) is 4.37. The molecule has 0 bridgehead atoms. The van der Waals surface area contributed by atoms with Crippen molar-refractivity contribution in [3.8, 4) is 11.8 Å². The molecule has 9 nitrogen and oxygen atoms in total. The molecule has 3 N–H and O–H groups in total. The average Bonchev–Trinajstić information content (AvgIpc) is 3.15. The van der Waals surface area contributed by atoms with Gasteiger partial charge in [-0.05, 0) is 19.1 Å². The number of halogens is 2. The Morgan fingerprint density at radius 1 is 1.16 bits per heavy atom. The third-order valence-electron chi connectivity index (χ3n) is 4.31. The van der Waals surface area contributed by atoms with Gasteiger partial charge in [-0.15, -0.1) is 0 Å². The fourth-order valence-corrected chi connectivity index (χ4v) is 3.19. The van der Waals surface area contributed by atoms with Gasteiger partial charge in [0.25, 0.3) is 0 Å². The number of hydrogen-bond donors (Lipinski definition) is 3. The summed E-state index contributed by atoms with van der Waals surface area (Å²) in [6.07, 6.45) is 3.99. The smallest absolute Gasteiger partial charge is 0.151 e. The van der Waals surface area contributed by atoms with E-state index >= 15 is 0 Å². The molecule has 1 atom stereocenters. The largest absolute Gasteiger partial charge is 0.392 e. The van der Waals surface area contributed by atoms with Crippen molar-refractivity contribution in [2.45, 2.75) is 13.0 Å². The number of aromatic nitrogens is 5. The highest BCUT2D eigenvalue weighted by Gasteiger charge is 2.16. The molecule has 0 spiro atoms. The molecule has 4 aromatic rings. The van der Waals surface area contributed by atoms with Crippen LogP contribution in [0.2, 0.25) is 5.02 Å². The Kier molecular flexibility index (Phi) is 5.62. The second-order valence-corrected chi connectivity index (χ2v) is 7.14. The van der Waals surface area contributed by atoms with Crippen LogP contribution in [0.4, 0.5) is 21.8 Å². The van der Waals surface area contributed by atoms with E-state index in [1.807, 2.05) is 6.07 Å². The molecule has 31 heavy (non-hydrogen) atoms. The zero-order valence-electron chi connectivity index (χ0n) is 16.2. The number of pyridine rings is 1. The summed E-state index contributed by atoms with van der Waals surface area (Å²) >= 11 is 6.22. The molecule has 156 valence electrons. The lowest BCUT2D eigenvalue weighted by atomic mass is 10.2. The monoisotopic (exact) mass is 438 g/mol. The van der Waals surface area contributed by atoms with Crippen LogP contribution in [-0.2, 0) is 0 Å². The minimum atomic E-state index is -0.662. The zero-order chi connectivity index (χ0) is 22.0. The van der Waals surface area contributed by atoms with Crippen LogP contribution in [0.15, 0.2) is 43.0 Å². The first kappa shape index (κ1) is 20.5. The molecule has 0 fully saturated rings. The predicted molar refractivity (Wildman–Crippen MR) is 114 cm³/mol. The lowest BCUT2D eigenvalue weighted by Gasteiger charge is -2.10. The lowest BCUT2D eigenvalue weighted by Crippen LogP contribution is -2.16. The lowest BCUT2D eigenvalue weighted by molar-refractivity contribution is 0.208. The van der Waals surface area contributed by atoms with Crippen molar-refractivity contribution < 1.29 is 9.50 Å². The van der Waals surface area contributed by atoms with E-state index in [0.29, 0.717) is 34.9 Å². The highest BCUT2D eigenvalue weighted by Crippen LogP contribution is 2.29. The van der Waals surface area contributed by atoms with Gasteiger partial charge in [0.05, 0.1) is 34.5 Å². The van der Waals surface area contributed by atoms with E-state index in [9.17, 15) is 9.50 Å². The van der Waals surface area contributed by atoms with Crippen LogP contribution < -0.4 is 10.6 Å². The van der Waals surface area contributed by atoms with Gasteiger partial charge in [-0.1, -0.05) is 11.6 Å². The van der Waals surface area contributed by atoms with Crippen molar-refractivity contribution in [1.29, 1.82) is 5.26 Å². The first-order valence-electron chi connectivity index (χ1n) is 9.19. The van der Waals surface area contributed by atoms with Gasteiger partial charge in [0, 0.05) is 30.3 Å². The van der Waals surface area contributed by atoms with Gasteiger partial charge in [-0.2, -0.15) is 10.4 Å². The summed E-state index contributed by atoms with van der Waals surface area (Å²) in [6.45, 7) is 2.01. The molecule has 0 saturated heterocycles. The van der Waals surface area contributed by atoms with Gasteiger partial charge in [-0.3, -0.25) is 0 Å². The van der Waals surface area contributed by atoms with Crippen molar-refractivity contribution in [3.05, 3.63) is 59.4 Å². The topological polar surface area (TPSA) is 125 Å². The molecular weight excluding hydrogens is 423 g/mol. The number of rotatable bonds is 6. The zero-order valence-corrected chi connectivity index (χ0v) is 17.0. The number of nitriles is 1. The van der Waals surface area contributed by atoms with Gasteiger partial charge in [0.1, 0.15) is 29.5 Å². The Hall–Kier alpha value is -3.81. The van der Waals surface area contributed by atoms with Crippen LogP contribution in [0.3, 0.4) is 0 Å². The van der Waals surface area contributed by atoms with E-state index in [-0.39, 0.29) is 16.3 Å². The van der Waals surface area contributed by atoms with Gasteiger partial charge < -0.3 is 15.7 Å². The maximum Gasteiger partial charge on any atom is 0.151 e. The first-order valence-corrected chi connectivity index (χ1v) is 9.56. The summed E-state index contributed by atoms with van der Waals surface area (Å²) in [7, 11) is 0. The second kappa shape index (κ2) is 8.51. The maximum absolute atomic E-state index is 14.6. The van der Waals surface area contributed by atoms with Gasteiger partial charge in [0.2, 0.25) is 0 Å². The van der Waals surface area contributed by atoms with Crippen LogP contribution in [0.1, 0.15) is 12.5 Å².